The summed E-state index contributed by atoms with van der Waals surface area (Å²) in [5, 5.41) is 17.9. The van der Waals surface area contributed by atoms with Gasteiger partial charge in [-0.2, -0.15) is 5.26 Å². The minimum Gasteiger partial charge on any atom is -0.392 e. The third kappa shape index (κ3) is 2.30. The van der Waals surface area contributed by atoms with Gasteiger partial charge in [0.15, 0.2) is 0 Å². The highest BCUT2D eigenvalue weighted by atomic mass is 79.9. The maximum Gasteiger partial charge on any atom is 0.280 e. The number of hydrogen-bond acceptors (Lipinski definition) is 3. The first kappa shape index (κ1) is 12.0. The minimum absolute atomic E-state index is 0.0286. The Bertz CT molecular complexity index is 404. The number of pyridine rings is 1. The highest BCUT2D eigenvalue weighted by molar-refractivity contribution is 9.08. The van der Waals surface area contributed by atoms with E-state index in [1.807, 2.05) is 6.07 Å². The molecule has 80 valence electrons. The molecule has 1 aromatic heterocycles. The zero-order valence-electron chi connectivity index (χ0n) is 7.54. The summed E-state index contributed by atoms with van der Waals surface area (Å²) >= 11 is 3.09. The number of aliphatic hydroxyl groups is 1. The van der Waals surface area contributed by atoms with Crippen LogP contribution >= 0.6 is 15.9 Å². The van der Waals surface area contributed by atoms with Gasteiger partial charge in [-0.3, -0.25) is 4.98 Å². The van der Waals surface area contributed by atoms with Crippen molar-refractivity contribution >= 4 is 15.9 Å². The molecule has 6 heteroatoms. The first-order valence-electron chi connectivity index (χ1n) is 4.01. The van der Waals surface area contributed by atoms with Crippen molar-refractivity contribution in [3.8, 4) is 6.07 Å². The van der Waals surface area contributed by atoms with Gasteiger partial charge in [0.1, 0.15) is 11.8 Å². The van der Waals surface area contributed by atoms with Crippen LogP contribution in [0.4, 0.5) is 8.78 Å². The lowest BCUT2D eigenvalue weighted by molar-refractivity contribution is 0.141. The van der Waals surface area contributed by atoms with Gasteiger partial charge >= 0.3 is 0 Å². The largest absolute Gasteiger partial charge is 0.392 e. The molecule has 0 spiro atoms. The van der Waals surface area contributed by atoms with Crippen molar-refractivity contribution < 1.29 is 13.9 Å². The first-order valence-corrected chi connectivity index (χ1v) is 5.13. The molecule has 1 aromatic rings. The lowest BCUT2D eigenvalue weighted by Crippen LogP contribution is -2.05. The SMILES string of the molecule is N#Cc1cnc(C(F)F)c(CO)c1CBr. The zero-order chi connectivity index (χ0) is 11.4. The second-order valence-electron chi connectivity index (χ2n) is 2.72. The Kier molecular flexibility index (Phi) is 4.12. The predicted octanol–water partition coefficient (Wildman–Crippen LogP) is 2.28. The van der Waals surface area contributed by atoms with Gasteiger partial charge in [-0.25, -0.2) is 8.78 Å². The normalized spacial score (nSPS) is 10.4. The Morgan fingerprint density at radius 3 is 2.60 bits per heavy atom. The summed E-state index contributed by atoms with van der Waals surface area (Å²) in [5.41, 5.74) is 0.123. The van der Waals surface area contributed by atoms with Crippen LogP contribution in [0, 0.1) is 11.3 Å². The van der Waals surface area contributed by atoms with Gasteiger partial charge in [-0.1, -0.05) is 15.9 Å². The van der Waals surface area contributed by atoms with Gasteiger partial charge in [-0.15, -0.1) is 0 Å². The average Bonchev–Trinajstić information content (AvgIpc) is 2.26. The predicted molar refractivity (Wildman–Crippen MR) is 52.5 cm³/mol. The molecule has 1 N–H and O–H groups in total. The van der Waals surface area contributed by atoms with Crippen LogP contribution in [0.5, 0.6) is 0 Å². The Hall–Kier alpha value is -1.06. The van der Waals surface area contributed by atoms with Gasteiger partial charge in [0, 0.05) is 17.1 Å². The summed E-state index contributed by atoms with van der Waals surface area (Å²) in [6.45, 7) is -0.552. The summed E-state index contributed by atoms with van der Waals surface area (Å²) < 4.78 is 25.0. The van der Waals surface area contributed by atoms with Crippen molar-refractivity contribution in [2.45, 2.75) is 18.4 Å². The van der Waals surface area contributed by atoms with Crippen molar-refractivity contribution in [2.24, 2.45) is 0 Å². The zero-order valence-corrected chi connectivity index (χ0v) is 9.13. The Balaban J connectivity index is 3.42. The molecular weight excluding hydrogens is 270 g/mol. The molecule has 1 heterocycles. The number of aliphatic hydroxyl groups excluding tert-OH is 1. The molecule has 0 amide bonds. The number of hydrogen-bond donors (Lipinski definition) is 1. The average molecular weight is 277 g/mol. The highest BCUT2D eigenvalue weighted by Gasteiger charge is 2.19. The van der Waals surface area contributed by atoms with E-state index in [0.29, 0.717) is 5.56 Å². The Morgan fingerprint density at radius 2 is 2.20 bits per heavy atom. The number of aromatic nitrogens is 1. The van der Waals surface area contributed by atoms with Gasteiger partial charge < -0.3 is 5.11 Å². The molecule has 0 radical (unpaired) electrons. The third-order valence-electron chi connectivity index (χ3n) is 1.95. The Labute approximate surface area is 93.5 Å². The number of nitriles is 1. The van der Waals surface area contributed by atoms with E-state index < -0.39 is 18.7 Å². The van der Waals surface area contributed by atoms with Crippen LogP contribution in [0.2, 0.25) is 0 Å². The van der Waals surface area contributed by atoms with Crippen LogP contribution in [-0.2, 0) is 11.9 Å². The molecule has 0 fully saturated rings. The van der Waals surface area contributed by atoms with Crippen molar-refractivity contribution in [3.63, 3.8) is 0 Å². The summed E-state index contributed by atoms with van der Waals surface area (Å²) in [4.78, 5) is 3.48. The van der Waals surface area contributed by atoms with Gasteiger partial charge in [0.2, 0.25) is 0 Å². The van der Waals surface area contributed by atoms with Gasteiger partial charge in [0.25, 0.3) is 6.43 Å². The van der Waals surface area contributed by atoms with Gasteiger partial charge in [0.05, 0.1) is 12.2 Å². The second kappa shape index (κ2) is 5.14. The van der Waals surface area contributed by atoms with E-state index in [1.54, 1.807) is 0 Å². The molecule has 0 aliphatic carbocycles. The van der Waals surface area contributed by atoms with E-state index in [9.17, 15) is 8.78 Å². The van der Waals surface area contributed by atoms with Crippen LogP contribution in [-0.4, -0.2) is 10.1 Å². The molecule has 0 atom stereocenters. The van der Waals surface area contributed by atoms with Crippen molar-refractivity contribution in [1.29, 1.82) is 5.26 Å². The Morgan fingerprint density at radius 1 is 1.53 bits per heavy atom. The molecule has 15 heavy (non-hydrogen) atoms. The summed E-state index contributed by atoms with van der Waals surface area (Å²) in [6.07, 6.45) is -1.66. The summed E-state index contributed by atoms with van der Waals surface area (Å²) in [5.74, 6) is 0. The molecule has 0 unspecified atom stereocenters. The van der Waals surface area contributed by atoms with E-state index in [0.717, 1.165) is 6.20 Å². The molecule has 0 aromatic carbocycles. The molecule has 0 saturated heterocycles. The number of alkyl halides is 3. The van der Waals surface area contributed by atoms with Crippen LogP contribution in [0.25, 0.3) is 0 Å². The second-order valence-corrected chi connectivity index (χ2v) is 3.28. The fraction of sp³-hybridized carbons (Fsp3) is 0.333. The molecule has 0 aliphatic rings. The number of halogens is 3. The van der Waals surface area contributed by atoms with E-state index >= 15 is 0 Å². The summed E-state index contributed by atoms with van der Waals surface area (Å²) in [7, 11) is 0. The van der Waals surface area contributed by atoms with Crippen molar-refractivity contribution in [3.05, 3.63) is 28.6 Å². The van der Waals surface area contributed by atoms with Crippen LogP contribution < -0.4 is 0 Å². The number of rotatable bonds is 3. The molecule has 3 nitrogen and oxygen atoms in total. The maximum absolute atomic E-state index is 12.5. The van der Waals surface area contributed by atoms with Crippen molar-refractivity contribution in [2.75, 3.05) is 0 Å². The maximum atomic E-state index is 12.5. The summed E-state index contributed by atoms with van der Waals surface area (Å²) in [6, 6.07) is 1.84. The smallest absolute Gasteiger partial charge is 0.280 e. The molecular formula is C9H7BrF2N2O. The molecule has 0 bridgehead atoms. The highest BCUT2D eigenvalue weighted by Crippen LogP contribution is 2.26. The lowest BCUT2D eigenvalue weighted by atomic mass is 10.0. The van der Waals surface area contributed by atoms with Crippen LogP contribution in [0.3, 0.4) is 0 Å². The monoisotopic (exact) mass is 276 g/mol. The fourth-order valence-electron chi connectivity index (χ4n) is 1.22. The molecule has 0 aliphatic heterocycles. The molecule has 0 saturated carbocycles. The van der Waals surface area contributed by atoms with E-state index in [4.69, 9.17) is 10.4 Å². The van der Waals surface area contributed by atoms with Crippen LogP contribution in [0.1, 0.15) is 28.8 Å². The third-order valence-corrected chi connectivity index (χ3v) is 2.51. The van der Waals surface area contributed by atoms with Gasteiger partial charge in [-0.05, 0) is 5.56 Å². The first-order chi connectivity index (χ1) is 7.15. The van der Waals surface area contributed by atoms with E-state index in [2.05, 4.69) is 20.9 Å². The standard InChI is InChI=1S/C9H7BrF2N2O/c10-1-6-5(2-13)3-14-8(9(11)12)7(6)4-15/h3,9,15H,1,4H2. The van der Waals surface area contributed by atoms with Crippen molar-refractivity contribution in [1.82, 2.24) is 4.98 Å². The lowest BCUT2D eigenvalue weighted by Gasteiger charge is -2.10. The van der Waals surface area contributed by atoms with E-state index in [1.165, 1.54) is 0 Å². The quantitative estimate of drug-likeness (QED) is 0.862. The minimum atomic E-state index is -2.75. The topological polar surface area (TPSA) is 56.9 Å². The van der Waals surface area contributed by atoms with E-state index in [-0.39, 0.29) is 16.5 Å². The van der Waals surface area contributed by atoms with Crippen LogP contribution in [0.15, 0.2) is 6.20 Å². The molecule has 1 rings (SSSR count). The fourth-order valence-corrected chi connectivity index (χ4v) is 1.86. The number of nitrogens with zero attached hydrogens (tertiary/aromatic N) is 2.